The number of nitrogens with zero attached hydrogens (tertiary/aromatic N) is 2. The highest BCUT2D eigenvalue weighted by Crippen LogP contribution is 2.40. The van der Waals surface area contributed by atoms with E-state index in [1.54, 1.807) is 4.68 Å². The van der Waals surface area contributed by atoms with E-state index >= 15 is 0 Å². The molecule has 0 aliphatic rings. The van der Waals surface area contributed by atoms with Crippen LogP contribution in [0.2, 0.25) is 0 Å². The highest BCUT2D eigenvalue weighted by atomic mass is 16.3. The predicted octanol–water partition coefficient (Wildman–Crippen LogP) is 5.29. The molecule has 0 atom stereocenters. The Morgan fingerprint density at radius 3 is 2.12 bits per heavy atom. The molecule has 1 aromatic heterocycles. The molecule has 0 spiro atoms. The van der Waals surface area contributed by atoms with Gasteiger partial charge in [0, 0.05) is 5.56 Å². The van der Waals surface area contributed by atoms with Gasteiger partial charge in [-0.05, 0) is 46.2 Å². The van der Waals surface area contributed by atoms with Crippen molar-refractivity contribution in [2.75, 3.05) is 0 Å². The van der Waals surface area contributed by atoms with Crippen molar-refractivity contribution < 1.29 is 5.11 Å². The number of rotatable bonds is 2. The molecule has 3 aromatic rings. The topological polar surface area (TPSA) is 38.0 Å². The normalized spacial score (nSPS) is 11.7. The molecule has 2 aromatic carbocycles. The van der Waals surface area contributed by atoms with Crippen LogP contribution in [0.5, 0.6) is 5.88 Å². The highest BCUT2D eigenvalue weighted by Gasteiger charge is 2.26. The molecule has 24 heavy (non-hydrogen) atoms. The van der Waals surface area contributed by atoms with Gasteiger partial charge in [-0.25, -0.2) is 4.68 Å². The van der Waals surface area contributed by atoms with E-state index in [4.69, 9.17) is 5.10 Å². The van der Waals surface area contributed by atoms with E-state index in [9.17, 15) is 5.11 Å². The summed E-state index contributed by atoms with van der Waals surface area (Å²) in [5.41, 5.74) is 5.66. The minimum Gasteiger partial charge on any atom is -0.493 e. The summed E-state index contributed by atoms with van der Waals surface area (Å²) in [4.78, 5) is 0. The molecular weight excluding hydrogens is 296 g/mol. The van der Waals surface area contributed by atoms with Crippen LogP contribution in [-0.4, -0.2) is 14.9 Å². The average Bonchev–Trinajstić information content (AvgIpc) is 2.86. The highest BCUT2D eigenvalue weighted by molar-refractivity contribution is 5.84. The van der Waals surface area contributed by atoms with Gasteiger partial charge in [-0.15, -0.1) is 0 Å². The van der Waals surface area contributed by atoms with Gasteiger partial charge in [0.2, 0.25) is 5.88 Å². The Kier molecular flexibility index (Phi) is 3.96. The molecule has 0 radical (unpaired) electrons. The lowest BCUT2D eigenvalue weighted by molar-refractivity contribution is 0.296. The van der Waals surface area contributed by atoms with Gasteiger partial charge >= 0.3 is 0 Å². The van der Waals surface area contributed by atoms with Crippen LogP contribution in [0.15, 0.2) is 48.5 Å². The molecule has 0 aliphatic carbocycles. The standard InChI is InChI=1S/C21H24N2O/c1-14-9-11-16(12-10-14)18-19(17-8-6-7-15(2)13-17)22-23(20(18)24)21(3,4)5/h6-13,24H,1-5H3. The third-order valence-corrected chi connectivity index (χ3v) is 4.13. The first kappa shape index (κ1) is 16.3. The summed E-state index contributed by atoms with van der Waals surface area (Å²) in [6.45, 7) is 10.2. The Morgan fingerprint density at radius 1 is 0.875 bits per heavy atom. The van der Waals surface area contributed by atoms with Crippen molar-refractivity contribution in [3.63, 3.8) is 0 Å². The molecule has 0 saturated carbocycles. The molecule has 0 fully saturated rings. The van der Waals surface area contributed by atoms with Gasteiger partial charge in [-0.1, -0.05) is 53.6 Å². The first-order valence-electron chi connectivity index (χ1n) is 8.24. The minimum atomic E-state index is -0.300. The average molecular weight is 320 g/mol. The third-order valence-electron chi connectivity index (χ3n) is 4.13. The first-order valence-corrected chi connectivity index (χ1v) is 8.24. The van der Waals surface area contributed by atoms with Crippen molar-refractivity contribution >= 4 is 0 Å². The fraction of sp³-hybridized carbons (Fsp3) is 0.286. The maximum atomic E-state index is 10.9. The number of benzene rings is 2. The lowest BCUT2D eigenvalue weighted by atomic mass is 9.99. The second kappa shape index (κ2) is 5.82. The second-order valence-corrected chi connectivity index (χ2v) is 7.37. The molecule has 3 nitrogen and oxygen atoms in total. The zero-order valence-corrected chi connectivity index (χ0v) is 15.0. The molecule has 0 aliphatic heterocycles. The number of aromatic nitrogens is 2. The molecule has 1 N–H and O–H groups in total. The van der Waals surface area contributed by atoms with Gasteiger partial charge in [0.1, 0.15) is 5.69 Å². The van der Waals surface area contributed by atoms with E-state index in [0.29, 0.717) is 0 Å². The Morgan fingerprint density at radius 2 is 1.54 bits per heavy atom. The molecule has 124 valence electrons. The zero-order chi connectivity index (χ0) is 17.5. The van der Waals surface area contributed by atoms with Crippen LogP contribution < -0.4 is 0 Å². The Balaban J connectivity index is 2.29. The zero-order valence-electron chi connectivity index (χ0n) is 15.0. The lowest BCUT2D eigenvalue weighted by Gasteiger charge is -2.20. The summed E-state index contributed by atoms with van der Waals surface area (Å²) in [5.74, 6) is 0.211. The van der Waals surface area contributed by atoms with Crippen molar-refractivity contribution in [3.05, 3.63) is 59.7 Å². The van der Waals surface area contributed by atoms with Crippen LogP contribution >= 0.6 is 0 Å². The van der Waals surface area contributed by atoms with Crippen LogP contribution in [0.25, 0.3) is 22.4 Å². The van der Waals surface area contributed by atoms with E-state index in [0.717, 1.165) is 22.4 Å². The molecule has 3 rings (SSSR count). The number of aryl methyl sites for hydroxylation is 2. The molecular formula is C21H24N2O. The molecule has 0 unspecified atom stereocenters. The van der Waals surface area contributed by atoms with Crippen LogP contribution in [0, 0.1) is 13.8 Å². The molecule has 0 saturated heterocycles. The van der Waals surface area contributed by atoms with Crippen LogP contribution in [0.3, 0.4) is 0 Å². The number of hydrogen-bond donors (Lipinski definition) is 1. The molecule has 3 heteroatoms. The second-order valence-electron chi connectivity index (χ2n) is 7.37. The molecule has 1 heterocycles. The van der Waals surface area contributed by atoms with Crippen molar-refractivity contribution in [3.8, 4) is 28.3 Å². The summed E-state index contributed by atoms with van der Waals surface area (Å²) in [6.07, 6.45) is 0. The van der Waals surface area contributed by atoms with Crippen molar-refractivity contribution in [2.45, 2.75) is 40.2 Å². The van der Waals surface area contributed by atoms with Crippen molar-refractivity contribution in [1.29, 1.82) is 0 Å². The van der Waals surface area contributed by atoms with Crippen LogP contribution in [0.1, 0.15) is 31.9 Å². The van der Waals surface area contributed by atoms with Gasteiger partial charge in [0.15, 0.2) is 0 Å². The quantitative estimate of drug-likeness (QED) is 0.696. The summed E-state index contributed by atoms with van der Waals surface area (Å²) in [5, 5.41) is 15.7. The fourth-order valence-electron chi connectivity index (χ4n) is 2.86. The van der Waals surface area contributed by atoms with Gasteiger partial charge in [-0.2, -0.15) is 5.10 Å². The van der Waals surface area contributed by atoms with E-state index in [2.05, 4.69) is 38.1 Å². The molecule has 0 bridgehead atoms. The van der Waals surface area contributed by atoms with E-state index in [-0.39, 0.29) is 11.4 Å². The molecule has 0 amide bonds. The maximum Gasteiger partial charge on any atom is 0.218 e. The fourth-order valence-corrected chi connectivity index (χ4v) is 2.86. The smallest absolute Gasteiger partial charge is 0.218 e. The summed E-state index contributed by atoms with van der Waals surface area (Å²) in [7, 11) is 0. The predicted molar refractivity (Wildman–Crippen MR) is 99.2 cm³/mol. The van der Waals surface area contributed by atoms with Gasteiger partial charge < -0.3 is 5.11 Å². The maximum absolute atomic E-state index is 10.9. The SMILES string of the molecule is Cc1ccc(-c2c(-c3cccc(C)c3)nn(C(C)(C)C)c2O)cc1. The minimum absolute atomic E-state index is 0.211. The van der Waals surface area contributed by atoms with Gasteiger partial charge in [-0.3, -0.25) is 0 Å². The summed E-state index contributed by atoms with van der Waals surface area (Å²) in [6, 6.07) is 16.4. The largest absolute Gasteiger partial charge is 0.493 e. The first-order chi connectivity index (χ1) is 11.3. The lowest BCUT2D eigenvalue weighted by Crippen LogP contribution is -2.22. The van der Waals surface area contributed by atoms with Crippen molar-refractivity contribution in [2.24, 2.45) is 0 Å². The number of hydrogen-bond acceptors (Lipinski definition) is 2. The van der Waals surface area contributed by atoms with Crippen molar-refractivity contribution in [1.82, 2.24) is 9.78 Å². The number of aromatic hydroxyl groups is 1. The summed E-state index contributed by atoms with van der Waals surface area (Å²) >= 11 is 0. The van der Waals surface area contributed by atoms with Crippen LogP contribution in [0.4, 0.5) is 0 Å². The van der Waals surface area contributed by atoms with E-state index in [1.807, 2.05) is 45.0 Å². The van der Waals surface area contributed by atoms with Gasteiger partial charge in [0.05, 0.1) is 11.1 Å². The van der Waals surface area contributed by atoms with Crippen LogP contribution in [-0.2, 0) is 5.54 Å². The summed E-state index contributed by atoms with van der Waals surface area (Å²) < 4.78 is 1.71. The Bertz CT molecular complexity index is 868. The Labute approximate surface area is 143 Å². The Hall–Kier alpha value is -2.55. The van der Waals surface area contributed by atoms with E-state index in [1.165, 1.54) is 11.1 Å². The van der Waals surface area contributed by atoms with E-state index < -0.39 is 0 Å². The van der Waals surface area contributed by atoms with Gasteiger partial charge in [0.25, 0.3) is 0 Å². The third kappa shape index (κ3) is 2.94. The monoisotopic (exact) mass is 320 g/mol.